The van der Waals surface area contributed by atoms with E-state index in [1.165, 1.54) is 11.8 Å². The summed E-state index contributed by atoms with van der Waals surface area (Å²) in [4.78, 5) is 4.26. The highest BCUT2D eigenvalue weighted by Crippen LogP contribution is 2.20. The monoisotopic (exact) mass is 211 g/mol. The molecule has 76 valence electrons. The van der Waals surface area contributed by atoms with Crippen LogP contribution >= 0.6 is 11.8 Å². The van der Waals surface area contributed by atoms with E-state index in [1.807, 2.05) is 13.0 Å². The number of aliphatic hydroxyl groups excluding tert-OH is 1. The van der Waals surface area contributed by atoms with Crippen LogP contribution in [0.2, 0.25) is 0 Å². The van der Waals surface area contributed by atoms with E-state index in [2.05, 4.69) is 4.98 Å². The van der Waals surface area contributed by atoms with Gasteiger partial charge in [-0.15, -0.1) is 11.8 Å². The molecule has 1 heterocycles. The molecule has 1 aromatic rings. The van der Waals surface area contributed by atoms with E-state index in [9.17, 15) is 0 Å². The lowest BCUT2D eigenvalue weighted by atomic mass is 10.2. The molecule has 0 aliphatic heterocycles. The molecule has 0 aromatic carbocycles. The van der Waals surface area contributed by atoms with Crippen molar-refractivity contribution in [2.45, 2.75) is 11.9 Å². The van der Waals surface area contributed by atoms with Gasteiger partial charge in [0, 0.05) is 17.0 Å². The zero-order valence-electron chi connectivity index (χ0n) is 7.95. The number of hydrogen-bond acceptors (Lipinski definition) is 4. The molecule has 0 aliphatic carbocycles. The Morgan fingerprint density at radius 2 is 2.36 bits per heavy atom. The Morgan fingerprint density at radius 3 is 2.93 bits per heavy atom. The summed E-state index contributed by atoms with van der Waals surface area (Å²) in [7, 11) is 0. The lowest BCUT2D eigenvalue weighted by Crippen LogP contribution is -2.13. The first-order valence-electron chi connectivity index (χ1n) is 4.21. The molecule has 0 aliphatic rings. The molecule has 1 aromatic heterocycles. The Bertz CT molecular complexity index is 341. The highest BCUT2D eigenvalue weighted by Gasteiger charge is 2.07. The number of nitrogens with zero attached hydrogens (tertiary/aromatic N) is 1. The maximum Gasteiger partial charge on any atom is 0.125 e. The fourth-order valence-corrected chi connectivity index (χ4v) is 1.82. The zero-order valence-corrected chi connectivity index (χ0v) is 8.77. The van der Waals surface area contributed by atoms with Gasteiger partial charge < -0.3 is 10.8 Å². The predicted molar refractivity (Wildman–Crippen MR) is 57.8 cm³/mol. The molecule has 5 heteroatoms. The second-order valence-corrected chi connectivity index (χ2v) is 3.87. The van der Waals surface area contributed by atoms with Crippen LogP contribution in [0.25, 0.3) is 0 Å². The number of nitrogens with one attached hydrogen (secondary N) is 1. The van der Waals surface area contributed by atoms with Crippen molar-refractivity contribution in [1.29, 1.82) is 5.41 Å². The van der Waals surface area contributed by atoms with Crippen LogP contribution in [0.1, 0.15) is 11.3 Å². The van der Waals surface area contributed by atoms with Gasteiger partial charge in [0.1, 0.15) is 10.9 Å². The van der Waals surface area contributed by atoms with E-state index >= 15 is 0 Å². The Morgan fingerprint density at radius 1 is 1.64 bits per heavy atom. The third-order valence-electron chi connectivity index (χ3n) is 1.62. The zero-order chi connectivity index (χ0) is 10.6. The van der Waals surface area contributed by atoms with E-state index in [0.717, 1.165) is 5.69 Å². The van der Waals surface area contributed by atoms with Crippen molar-refractivity contribution in [1.82, 2.24) is 4.98 Å². The van der Waals surface area contributed by atoms with Crippen molar-refractivity contribution in [3.05, 3.63) is 23.4 Å². The van der Waals surface area contributed by atoms with Crippen molar-refractivity contribution in [2.75, 3.05) is 12.4 Å². The standard InChI is InChI=1S/C9H13N3OS/c1-6-2-3-7(8(10)11)9(12-6)14-5-4-13/h2-3,13H,4-5H2,1H3,(H3,10,11). The Hall–Kier alpha value is -1.07. The summed E-state index contributed by atoms with van der Waals surface area (Å²) in [5.74, 6) is 0.578. The van der Waals surface area contributed by atoms with Gasteiger partial charge in [0.2, 0.25) is 0 Å². The fraction of sp³-hybridized carbons (Fsp3) is 0.333. The SMILES string of the molecule is Cc1ccc(C(=N)N)c(SCCO)n1. The maximum absolute atomic E-state index is 8.69. The van der Waals surface area contributed by atoms with Crippen molar-refractivity contribution in [3.63, 3.8) is 0 Å². The van der Waals surface area contributed by atoms with E-state index in [1.54, 1.807) is 6.07 Å². The molecule has 0 radical (unpaired) electrons. The number of aromatic nitrogens is 1. The van der Waals surface area contributed by atoms with Gasteiger partial charge in [-0.25, -0.2) is 4.98 Å². The Kier molecular flexibility index (Phi) is 3.91. The van der Waals surface area contributed by atoms with Crippen molar-refractivity contribution in [2.24, 2.45) is 5.73 Å². The van der Waals surface area contributed by atoms with E-state index in [4.69, 9.17) is 16.2 Å². The summed E-state index contributed by atoms with van der Waals surface area (Å²) in [5.41, 5.74) is 6.92. The summed E-state index contributed by atoms with van der Waals surface area (Å²) in [6.45, 7) is 1.98. The van der Waals surface area contributed by atoms with Crippen molar-refractivity contribution >= 4 is 17.6 Å². The van der Waals surface area contributed by atoms with Crippen LogP contribution in [-0.4, -0.2) is 28.3 Å². The minimum Gasteiger partial charge on any atom is -0.396 e. The average molecular weight is 211 g/mol. The number of hydrogen-bond donors (Lipinski definition) is 3. The topological polar surface area (TPSA) is 83.0 Å². The number of rotatable bonds is 4. The molecule has 0 unspecified atom stereocenters. The van der Waals surface area contributed by atoms with Gasteiger partial charge in [-0.3, -0.25) is 5.41 Å². The summed E-state index contributed by atoms with van der Waals surface area (Å²) < 4.78 is 0. The van der Waals surface area contributed by atoms with Gasteiger partial charge in [-0.1, -0.05) is 0 Å². The van der Waals surface area contributed by atoms with Gasteiger partial charge >= 0.3 is 0 Å². The highest BCUT2D eigenvalue weighted by atomic mass is 32.2. The van der Waals surface area contributed by atoms with Gasteiger partial charge in [0.05, 0.1) is 6.61 Å². The fourth-order valence-electron chi connectivity index (χ4n) is 0.990. The molecule has 0 saturated carbocycles. The molecule has 0 fully saturated rings. The third kappa shape index (κ3) is 2.71. The van der Waals surface area contributed by atoms with E-state index in [0.29, 0.717) is 16.3 Å². The Labute approximate surface area is 87.1 Å². The number of amidine groups is 1. The first kappa shape index (κ1) is 11.0. The van der Waals surface area contributed by atoms with Gasteiger partial charge in [0.25, 0.3) is 0 Å². The molecule has 4 nitrogen and oxygen atoms in total. The van der Waals surface area contributed by atoms with Gasteiger partial charge in [-0.2, -0.15) is 0 Å². The first-order chi connectivity index (χ1) is 6.65. The number of nitrogen functional groups attached to an aromatic ring is 1. The quantitative estimate of drug-likeness (QED) is 0.390. The molecule has 0 saturated heterocycles. The third-order valence-corrected chi connectivity index (χ3v) is 2.59. The number of thioether (sulfide) groups is 1. The number of nitrogens with two attached hydrogens (primary N) is 1. The van der Waals surface area contributed by atoms with Crippen LogP contribution in [0.4, 0.5) is 0 Å². The summed E-state index contributed by atoms with van der Waals surface area (Å²) in [6, 6.07) is 3.60. The van der Waals surface area contributed by atoms with E-state index in [-0.39, 0.29) is 12.4 Å². The molecule has 0 bridgehead atoms. The Balaban J connectivity index is 2.97. The lowest BCUT2D eigenvalue weighted by molar-refractivity contribution is 0.322. The second-order valence-electron chi connectivity index (χ2n) is 2.79. The summed E-state index contributed by atoms with van der Waals surface area (Å²) in [6.07, 6.45) is 0. The molecular weight excluding hydrogens is 198 g/mol. The minimum atomic E-state index is 0.0120. The maximum atomic E-state index is 8.69. The van der Waals surface area contributed by atoms with Crippen molar-refractivity contribution < 1.29 is 5.11 Å². The normalized spacial score (nSPS) is 10.1. The largest absolute Gasteiger partial charge is 0.396 e. The number of aliphatic hydroxyl groups is 1. The molecule has 14 heavy (non-hydrogen) atoms. The lowest BCUT2D eigenvalue weighted by Gasteiger charge is -2.06. The second kappa shape index (κ2) is 4.97. The van der Waals surface area contributed by atoms with Crippen LogP contribution in [0.5, 0.6) is 0 Å². The summed E-state index contributed by atoms with van der Waals surface area (Å²) >= 11 is 1.41. The summed E-state index contributed by atoms with van der Waals surface area (Å²) in [5, 5.41) is 16.8. The molecule has 1 rings (SSSR count). The smallest absolute Gasteiger partial charge is 0.125 e. The molecule has 0 amide bonds. The number of pyridine rings is 1. The van der Waals surface area contributed by atoms with Gasteiger partial charge in [-0.05, 0) is 19.1 Å². The molecular formula is C9H13N3OS. The first-order valence-corrected chi connectivity index (χ1v) is 5.19. The van der Waals surface area contributed by atoms with Crippen LogP contribution in [-0.2, 0) is 0 Å². The predicted octanol–water partition coefficient (Wildman–Crippen LogP) is 0.758. The molecule has 4 N–H and O–H groups in total. The van der Waals surface area contributed by atoms with Crippen LogP contribution < -0.4 is 5.73 Å². The number of aryl methyl sites for hydroxylation is 1. The minimum absolute atomic E-state index is 0.0120. The van der Waals surface area contributed by atoms with Crippen LogP contribution in [0, 0.1) is 12.3 Å². The molecule has 0 atom stereocenters. The van der Waals surface area contributed by atoms with E-state index < -0.39 is 0 Å². The molecule has 0 spiro atoms. The average Bonchev–Trinajstić information content (AvgIpc) is 2.14. The van der Waals surface area contributed by atoms with Crippen LogP contribution in [0.15, 0.2) is 17.2 Å². The highest BCUT2D eigenvalue weighted by molar-refractivity contribution is 7.99. The van der Waals surface area contributed by atoms with Crippen molar-refractivity contribution in [3.8, 4) is 0 Å². The van der Waals surface area contributed by atoms with Gasteiger partial charge in [0.15, 0.2) is 0 Å². The van der Waals surface area contributed by atoms with Crippen LogP contribution in [0.3, 0.4) is 0 Å².